The van der Waals surface area contributed by atoms with Crippen LogP contribution in [-0.2, 0) is 19.4 Å². The van der Waals surface area contributed by atoms with Gasteiger partial charge in [0, 0.05) is 31.1 Å². The molecule has 2 amide bonds. The average molecular weight is 396 g/mol. The lowest BCUT2D eigenvalue weighted by molar-refractivity contribution is -0.130. The van der Waals surface area contributed by atoms with Gasteiger partial charge < -0.3 is 16.0 Å². The molecule has 7 nitrogen and oxygen atoms in total. The number of amides is 2. The van der Waals surface area contributed by atoms with Gasteiger partial charge in [-0.15, -0.1) is 12.4 Å². The van der Waals surface area contributed by atoms with Gasteiger partial charge in [-0.25, -0.2) is 8.42 Å². The Morgan fingerprint density at radius 1 is 1.44 bits per heavy atom. The van der Waals surface area contributed by atoms with E-state index in [0.29, 0.717) is 25.4 Å². The Morgan fingerprint density at radius 3 is 2.56 bits per heavy atom. The second-order valence-corrected chi connectivity index (χ2v) is 10.1. The minimum atomic E-state index is -3.05. The van der Waals surface area contributed by atoms with Crippen LogP contribution in [0.2, 0.25) is 0 Å². The SMILES string of the molecule is CC(C)CC(C)(CN)NC(=O)C1CC(=O)N(C2CCS(=O)(=O)C2)C1.Cl. The molecule has 146 valence electrons. The maximum Gasteiger partial charge on any atom is 0.225 e. The standard InChI is InChI=1S/C16H29N3O4S.ClH/c1-11(2)7-16(3,10-17)18-15(21)12-6-14(20)19(8-12)13-4-5-24(22,23)9-13;/h11-13H,4-10,17H2,1-3H3,(H,18,21);1H. The molecule has 2 saturated heterocycles. The maximum atomic E-state index is 12.6. The number of carbonyl (C=O) groups excluding carboxylic acids is 2. The third-order valence-corrected chi connectivity index (χ3v) is 6.66. The van der Waals surface area contributed by atoms with E-state index in [2.05, 4.69) is 19.2 Å². The Hall–Kier alpha value is -0.860. The van der Waals surface area contributed by atoms with Crippen molar-refractivity contribution in [1.29, 1.82) is 0 Å². The number of carbonyl (C=O) groups is 2. The van der Waals surface area contributed by atoms with E-state index in [4.69, 9.17) is 5.73 Å². The molecule has 0 saturated carbocycles. The number of sulfone groups is 1. The summed E-state index contributed by atoms with van der Waals surface area (Å²) in [5.74, 6) is -0.197. The van der Waals surface area contributed by atoms with E-state index in [0.717, 1.165) is 6.42 Å². The van der Waals surface area contributed by atoms with Gasteiger partial charge in [0.2, 0.25) is 11.8 Å². The minimum Gasteiger partial charge on any atom is -0.349 e. The van der Waals surface area contributed by atoms with Crippen molar-refractivity contribution >= 4 is 34.1 Å². The highest BCUT2D eigenvalue weighted by Gasteiger charge is 2.42. The minimum absolute atomic E-state index is 0. The van der Waals surface area contributed by atoms with Gasteiger partial charge >= 0.3 is 0 Å². The van der Waals surface area contributed by atoms with Crippen molar-refractivity contribution in [3.63, 3.8) is 0 Å². The van der Waals surface area contributed by atoms with E-state index < -0.39 is 21.3 Å². The molecule has 25 heavy (non-hydrogen) atoms. The molecule has 0 spiro atoms. The van der Waals surface area contributed by atoms with Crippen LogP contribution >= 0.6 is 12.4 Å². The lowest BCUT2D eigenvalue weighted by Crippen LogP contribution is -2.54. The molecule has 0 radical (unpaired) electrons. The van der Waals surface area contributed by atoms with Gasteiger partial charge in [-0.05, 0) is 25.7 Å². The van der Waals surface area contributed by atoms with Crippen LogP contribution in [0.15, 0.2) is 0 Å². The van der Waals surface area contributed by atoms with Crippen LogP contribution in [0.3, 0.4) is 0 Å². The van der Waals surface area contributed by atoms with Crippen molar-refractivity contribution in [2.24, 2.45) is 17.6 Å². The van der Waals surface area contributed by atoms with Gasteiger partial charge in [-0.1, -0.05) is 13.8 Å². The van der Waals surface area contributed by atoms with E-state index in [9.17, 15) is 18.0 Å². The summed E-state index contributed by atoms with van der Waals surface area (Å²) in [5.41, 5.74) is 5.34. The number of likely N-dealkylation sites (tertiary alicyclic amines) is 1. The van der Waals surface area contributed by atoms with E-state index in [-0.39, 0.29) is 48.2 Å². The number of halogens is 1. The molecule has 3 atom stereocenters. The van der Waals surface area contributed by atoms with Gasteiger partial charge in [0.05, 0.1) is 17.4 Å². The van der Waals surface area contributed by atoms with Crippen LogP contribution < -0.4 is 11.1 Å². The highest BCUT2D eigenvalue weighted by molar-refractivity contribution is 7.91. The molecule has 3 unspecified atom stereocenters. The summed E-state index contributed by atoms with van der Waals surface area (Å²) in [7, 11) is -3.05. The molecule has 2 heterocycles. The third kappa shape index (κ3) is 5.56. The fourth-order valence-corrected chi connectivity index (χ4v) is 5.50. The van der Waals surface area contributed by atoms with Gasteiger partial charge in [-0.3, -0.25) is 9.59 Å². The molecule has 0 aromatic rings. The fourth-order valence-electron chi connectivity index (χ4n) is 3.77. The number of hydrogen-bond acceptors (Lipinski definition) is 5. The summed E-state index contributed by atoms with van der Waals surface area (Å²) in [5, 5.41) is 3.00. The number of nitrogens with zero attached hydrogens (tertiary/aromatic N) is 1. The van der Waals surface area contributed by atoms with E-state index in [1.807, 2.05) is 6.92 Å². The highest BCUT2D eigenvalue weighted by atomic mass is 35.5. The van der Waals surface area contributed by atoms with Crippen molar-refractivity contribution in [1.82, 2.24) is 10.2 Å². The molecule has 2 fully saturated rings. The van der Waals surface area contributed by atoms with Crippen LogP contribution in [0.1, 0.15) is 40.0 Å². The Morgan fingerprint density at radius 2 is 2.08 bits per heavy atom. The largest absolute Gasteiger partial charge is 0.349 e. The Balaban J connectivity index is 0.00000312. The first-order valence-corrected chi connectivity index (χ1v) is 10.4. The second-order valence-electron chi connectivity index (χ2n) is 7.86. The van der Waals surface area contributed by atoms with Crippen LogP contribution in [0.25, 0.3) is 0 Å². The van der Waals surface area contributed by atoms with Crippen LogP contribution in [-0.4, -0.2) is 61.3 Å². The van der Waals surface area contributed by atoms with Gasteiger partial charge in [-0.2, -0.15) is 0 Å². The molecule has 2 aliphatic rings. The molecule has 2 aliphatic heterocycles. The van der Waals surface area contributed by atoms with Crippen molar-refractivity contribution in [3.05, 3.63) is 0 Å². The zero-order valence-electron chi connectivity index (χ0n) is 15.2. The molecule has 0 aliphatic carbocycles. The summed E-state index contributed by atoms with van der Waals surface area (Å²) in [6, 6.07) is -0.281. The van der Waals surface area contributed by atoms with Gasteiger partial charge in [0.15, 0.2) is 9.84 Å². The molecule has 0 aromatic heterocycles. The Bertz CT molecular complexity index is 611. The Labute approximate surface area is 156 Å². The normalized spacial score (nSPS) is 27.9. The van der Waals surface area contributed by atoms with E-state index in [1.165, 1.54) is 0 Å². The van der Waals surface area contributed by atoms with E-state index in [1.54, 1.807) is 4.90 Å². The van der Waals surface area contributed by atoms with Gasteiger partial charge in [0.25, 0.3) is 0 Å². The van der Waals surface area contributed by atoms with Crippen LogP contribution in [0.5, 0.6) is 0 Å². The summed E-state index contributed by atoms with van der Waals surface area (Å²) in [6.45, 7) is 6.70. The third-order valence-electron chi connectivity index (χ3n) is 4.91. The second kappa shape index (κ2) is 8.22. The zero-order chi connectivity index (χ0) is 18.1. The lowest BCUT2D eigenvalue weighted by Gasteiger charge is -2.32. The first-order chi connectivity index (χ1) is 11.1. The monoisotopic (exact) mass is 395 g/mol. The number of hydrogen-bond donors (Lipinski definition) is 2. The van der Waals surface area contributed by atoms with E-state index >= 15 is 0 Å². The summed E-state index contributed by atoms with van der Waals surface area (Å²) < 4.78 is 23.2. The zero-order valence-corrected chi connectivity index (χ0v) is 16.8. The quantitative estimate of drug-likeness (QED) is 0.673. The molecular formula is C16H30ClN3O4S. The molecular weight excluding hydrogens is 366 g/mol. The van der Waals surface area contributed by atoms with Gasteiger partial charge in [0.1, 0.15) is 0 Å². The smallest absolute Gasteiger partial charge is 0.225 e. The first-order valence-electron chi connectivity index (χ1n) is 8.57. The fraction of sp³-hybridized carbons (Fsp3) is 0.875. The molecule has 9 heteroatoms. The number of nitrogens with two attached hydrogens (primary N) is 1. The average Bonchev–Trinajstić information content (AvgIpc) is 3.00. The van der Waals surface area contributed by atoms with Crippen molar-refractivity contribution in [3.8, 4) is 0 Å². The molecule has 0 bridgehead atoms. The topological polar surface area (TPSA) is 110 Å². The maximum absolute atomic E-state index is 12.6. The molecule has 0 aromatic carbocycles. The predicted molar refractivity (Wildman–Crippen MR) is 99.2 cm³/mol. The van der Waals surface area contributed by atoms with Crippen molar-refractivity contribution in [2.45, 2.75) is 51.6 Å². The molecule has 3 N–H and O–H groups in total. The molecule has 2 rings (SSSR count). The summed E-state index contributed by atoms with van der Waals surface area (Å²) >= 11 is 0. The number of rotatable bonds is 6. The van der Waals surface area contributed by atoms with Crippen molar-refractivity contribution < 1.29 is 18.0 Å². The summed E-state index contributed by atoms with van der Waals surface area (Å²) in [4.78, 5) is 26.4. The van der Waals surface area contributed by atoms with Crippen LogP contribution in [0.4, 0.5) is 0 Å². The first kappa shape index (κ1) is 22.2. The highest BCUT2D eigenvalue weighted by Crippen LogP contribution is 2.27. The Kier molecular flexibility index (Phi) is 7.30. The predicted octanol–water partition coefficient (Wildman–Crippen LogP) is 0.324. The van der Waals surface area contributed by atoms with Crippen LogP contribution in [0, 0.1) is 11.8 Å². The lowest BCUT2D eigenvalue weighted by atomic mass is 9.90. The number of nitrogens with one attached hydrogen (secondary N) is 1. The van der Waals surface area contributed by atoms with Crippen molar-refractivity contribution in [2.75, 3.05) is 24.6 Å². The summed E-state index contributed by atoms with van der Waals surface area (Å²) in [6.07, 6.45) is 1.38.